The topological polar surface area (TPSA) is 164 Å². The molecule has 1 heterocycles. The third kappa shape index (κ3) is 8.35. The van der Waals surface area contributed by atoms with Gasteiger partial charge in [-0.15, -0.1) is 12.4 Å². The van der Waals surface area contributed by atoms with Crippen molar-refractivity contribution < 1.29 is 29.8 Å². The molecule has 1 atom stereocenters. The summed E-state index contributed by atoms with van der Waals surface area (Å²) in [6.45, 7) is 0.765. The molecule has 0 saturated carbocycles. The van der Waals surface area contributed by atoms with E-state index in [0.717, 1.165) is 11.1 Å². The van der Waals surface area contributed by atoms with E-state index in [4.69, 9.17) is 9.94 Å². The van der Waals surface area contributed by atoms with Gasteiger partial charge in [0.15, 0.2) is 0 Å². The van der Waals surface area contributed by atoms with Gasteiger partial charge in [-0.2, -0.15) is 10.7 Å². The second kappa shape index (κ2) is 14.5. The quantitative estimate of drug-likeness (QED) is 0.232. The molecule has 2 aromatic rings. The van der Waals surface area contributed by atoms with Gasteiger partial charge in [-0.05, 0) is 29.7 Å². The highest BCUT2D eigenvalue weighted by Crippen LogP contribution is 2.21. The average Bonchev–Trinajstić information content (AvgIpc) is 3.17. The van der Waals surface area contributed by atoms with Gasteiger partial charge in [-0.3, -0.25) is 14.8 Å². The Bertz CT molecular complexity index is 958. The number of carbonyl (C=O) groups excluding carboxylic acids is 3. The first-order valence-corrected chi connectivity index (χ1v) is 10.1. The highest BCUT2D eigenvalue weighted by molar-refractivity contribution is 6.01. The van der Waals surface area contributed by atoms with Gasteiger partial charge in [-0.25, -0.2) is 4.79 Å². The van der Waals surface area contributed by atoms with Crippen molar-refractivity contribution in [1.82, 2.24) is 16.2 Å². The van der Waals surface area contributed by atoms with E-state index < -0.39 is 18.0 Å². The molecule has 0 unspecified atom stereocenters. The number of carbonyl (C=O) groups is 3. The van der Waals surface area contributed by atoms with Crippen molar-refractivity contribution in [3.05, 3.63) is 65.7 Å². The number of benzene rings is 2. The number of amides is 3. The van der Waals surface area contributed by atoms with Crippen molar-refractivity contribution in [2.24, 2.45) is 5.10 Å². The van der Waals surface area contributed by atoms with Crippen LogP contribution in [0.4, 0.5) is 10.5 Å². The lowest BCUT2D eigenvalue weighted by Crippen LogP contribution is -2.46. The van der Waals surface area contributed by atoms with E-state index in [1.807, 2.05) is 30.3 Å². The molecule has 12 heteroatoms. The van der Waals surface area contributed by atoms with Crippen molar-refractivity contribution in [2.75, 3.05) is 18.0 Å². The maximum Gasteiger partial charge on any atom is 0.315 e. The number of nitrogens with one attached hydrogen (secondary N) is 3. The van der Waals surface area contributed by atoms with Gasteiger partial charge in [0.05, 0.1) is 12.6 Å². The molecule has 2 aromatic carbocycles. The van der Waals surface area contributed by atoms with E-state index in [9.17, 15) is 14.4 Å². The number of urea groups is 1. The molecule has 1 fully saturated rings. The van der Waals surface area contributed by atoms with Gasteiger partial charge in [0.1, 0.15) is 12.6 Å². The number of rotatable bonds is 9. The highest BCUT2D eigenvalue weighted by Gasteiger charge is 2.33. The zero-order valence-corrected chi connectivity index (χ0v) is 19.1. The first kappa shape index (κ1) is 28.4. The van der Waals surface area contributed by atoms with E-state index in [0.29, 0.717) is 18.7 Å². The summed E-state index contributed by atoms with van der Waals surface area (Å²) < 4.78 is 5.16. The van der Waals surface area contributed by atoms with Crippen LogP contribution in [-0.4, -0.2) is 53.9 Å². The second-order valence-corrected chi connectivity index (χ2v) is 7.08. The normalized spacial score (nSPS) is 14.7. The Morgan fingerprint density at radius 3 is 2.53 bits per heavy atom. The molecule has 11 nitrogen and oxygen atoms in total. The molecule has 0 radical (unpaired) electrons. The summed E-state index contributed by atoms with van der Waals surface area (Å²) in [5, 5.41) is 17.2. The van der Waals surface area contributed by atoms with Gasteiger partial charge < -0.3 is 25.7 Å². The van der Waals surface area contributed by atoms with Crippen molar-refractivity contribution >= 4 is 42.2 Å². The van der Waals surface area contributed by atoms with Crippen LogP contribution in [0.2, 0.25) is 0 Å². The molecule has 34 heavy (non-hydrogen) atoms. The largest absolute Gasteiger partial charge is 0.461 e. The number of ether oxygens (including phenoxy) is 1. The number of hydrazone groups is 1. The molecule has 0 aliphatic carbocycles. The minimum atomic E-state index is -0.639. The van der Waals surface area contributed by atoms with Crippen molar-refractivity contribution in [3.63, 3.8) is 0 Å². The Labute approximate surface area is 202 Å². The molecular formula is C22H28ClN5O6. The van der Waals surface area contributed by atoms with Crippen molar-refractivity contribution in [2.45, 2.75) is 25.5 Å². The Morgan fingerprint density at radius 1 is 1.15 bits per heavy atom. The third-order valence-corrected chi connectivity index (χ3v) is 4.84. The number of nitrogens with zero attached hydrogens (tertiary/aromatic N) is 2. The lowest BCUT2D eigenvalue weighted by Gasteiger charge is -2.17. The smallest absolute Gasteiger partial charge is 0.315 e. The third-order valence-electron chi connectivity index (χ3n) is 4.84. The van der Waals surface area contributed by atoms with Gasteiger partial charge in [0.2, 0.25) is 5.91 Å². The molecule has 0 spiro atoms. The minimum Gasteiger partial charge on any atom is -0.461 e. The number of hydrogen-bond acceptors (Lipinski definition) is 7. The van der Waals surface area contributed by atoms with Gasteiger partial charge in [-0.1, -0.05) is 42.5 Å². The zero-order valence-electron chi connectivity index (χ0n) is 18.3. The molecule has 1 aliphatic rings. The summed E-state index contributed by atoms with van der Waals surface area (Å²) in [6.07, 6.45) is 1.94. The van der Waals surface area contributed by atoms with Gasteiger partial charge in [0, 0.05) is 18.8 Å². The molecule has 6 N–H and O–H groups in total. The summed E-state index contributed by atoms with van der Waals surface area (Å²) in [6, 6.07) is 15.2. The predicted molar refractivity (Wildman–Crippen MR) is 128 cm³/mol. The van der Waals surface area contributed by atoms with Gasteiger partial charge in [0.25, 0.3) is 0 Å². The SMILES string of the molecule is Cl.O.O=C(NCCC(=O)OCc1ccccc1)N[C@H]1CCN(c2ccc(C=NNO)cc2)C1=O. The fourth-order valence-corrected chi connectivity index (χ4v) is 3.21. The molecule has 3 rings (SSSR count). The van der Waals surface area contributed by atoms with Crippen LogP contribution < -0.4 is 21.1 Å². The lowest BCUT2D eigenvalue weighted by molar-refractivity contribution is -0.144. The van der Waals surface area contributed by atoms with Crippen LogP contribution in [0.5, 0.6) is 0 Å². The maximum absolute atomic E-state index is 12.6. The van der Waals surface area contributed by atoms with Crippen LogP contribution in [-0.2, 0) is 20.9 Å². The first-order valence-electron chi connectivity index (χ1n) is 10.1. The molecule has 3 amide bonds. The Balaban J connectivity index is 0.00000289. The van der Waals surface area contributed by atoms with E-state index >= 15 is 0 Å². The highest BCUT2D eigenvalue weighted by atomic mass is 35.5. The van der Waals surface area contributed by atoms with Gasteiger partial charge >= 0.3 is 12.0 Å². The summed E-state index contributed by atoms with van der Waals surface area (Å²) in [4.78, 5) is 38.1. The maximum atomic E-state index is 12.6. The predicted octanol–water partition coefficient (Wildman–Crippen LogP) is 1.13. The summed E-state index contributed by atoms with van der Waals surface area (Å²) in [5.41, 5.74) is 4.03. The van der Waals surface area contributed by atoms with Crippen molar-refractivity contribution in [3.8, 4) is 0 Å². The van der Waals surface area contributed by atoms with E-state index in [-0.39, 0.29) is 43.4 Å². The van der Waals surface area contributed by atoms with Crippen LogP contribution in [0.1, 0.15) is 24.0 Å². The second-order valence-electron chi connectivity index (χ2n) is 7.08. The van der Waals surface area contributed by atoms with Crippen LogP contribution in [0.3, 0.4) is 0 Å². The first-order chi connectivity index (χ1) is 15.6. The number of halogens is 1. The lowest BCUT2D eigenvalue weighted by atomic mass is 10.2. The zero-order chi connectivity index (χ0) is 22.8. The molecule has 1 saturated heterocycles. The number of anilines is 1. The summed E-state index contributed by atoms with van der Waals surface area (Å²) >= 11 is 0. The van der Waals surface area contributed by atoms with Crippen LogP contribution in [0.15, 0.2) is 59.7 Å². The summed E-state index contributed by atoms with van der Waals surface area (Å²) in [5.74, 6) is -0.624. The minimum absolute atomic E-state index is 0. The molecule has 0 aromatic heterocycles. The average molecular weight is 494 g/mol. The Kier molecular flexibility index (Phi) is 12.1. The molecule has 0 bridgehead atoms. The number of hydrogen-bond donors (Lipinski definition) is 4. The fourth-order valence-electron chi connectivity index (χ4n) is 3.21. The molecule has 1 aliphatic heterocycles. The van der Waals surface area contributed by atoms with Crippen molar-refractivity contribution in [1.29, 1.82) is 0 Å². The molecule has 184 valence electrons. The Hall–Kier alpha value is -3.67. The van der Waals surface area contributed by atoms with Crippen LogP contribution in [0.25, 0.3) is 0 Å². The van der Waals surface area contributed by atoms with Crippen LogP contribution >= 0.6 is 12.4 Å². The van der Waals surface area contributed by atoms with E-state index in [1.165, 1.54) is 6.21 Å². The fraction of sp³-hybridized carbons (Fsp3) is 0.273. The standard InChI is InChI=1S/C22H25N5O5.ClH.H2O/c28-20(32-15-17-4-2-1-3-5-17)10-12-23-22(30)25-19-11-13-27(21(19)29)18-8-6-16(7-9-18)14-24-26-31;;/h1-9,14,19,26,31H,10-13,15H2,(H2,23,25,30);1H;1H2/t19-;;/m0../s1. The molecular weight excluding hydrogens is 466 g/mol. The number of esters is 1. The van der Waals surface area contributed by atoms with Crippen LogP contribution in [0, 0.1) is 0 Å². The Morgan fingerprint density at radius 2 is 1.85 bits per heavy atom. The summed E-state index contributed by atoms with van der Waals surface area (Å²) in [7, 11) is 0. The van der Waals surface area contributed by atoms with E-state index in [2.05, 4.69) is 15.7 Å². The monoisotopic (exact) mass is 493 g/mol. The van der Waals surface area contributed by atoms with E-state index in [1.54, 1.807) is 34.8 Å².